The van der Waals surface area contributed by atoms with E-state index in [-0.39, 0.29) is 30.6 Å². The highest BCUT2D eigenvalue weighted by atomic mass is 16.5. The van der Waals surface area contributed by atoms with Crippen molar-refractivity contribution in [3.63, 3.8) is 0 Å². The van der Waals surface area contributed by atoms with Crippen molar-refractivity contribution in [1.82, 2.24) is 10.6 Å². The van der Waals surface area contributed by atoms with E-state index in [1.165, 1.54) is 16.3 Å². The largest absolute Gasteiger partial charge is 0.365 e. The molecule has 4 rings (SSSR count). The third-order valence-electron chi connectivity index (χ3n) is 5.74. The lowest BCUT2D eigenvalue weighted by molar-refractivity contribution is -0.129. The summed E-state index contributed by atoms with van der Waals surface area (Å²) in [6.45, 7) is 3.29. The molecule has 160 valence electrons. The van der Waals surface area contributed by atoms with Crippen LogP contribution in [0.1, 0.15) is 28.9 Å². The summed E-state index contributed by atoms with van der Waals surface area (Å²) in [5, 5.41) is 8.62. The first-order valence-electron chi connectivity index (χ1n) is 10.5. The van der Waals surface area contributed by atoms with E-state index in [1.54, 1.807) is 36.2 Å². The molecule has 6 nitrogen and oxygen atoms in total. The van der Waals surface area contributed by atoms with Crippen molar-refractivity contribution in [2.45, 2.75) is 19.1 Å². The molecule has 0 radical (unpaired) electrons. The molecule has 6 heteroatoms. The maximum atomic E-state index is 12.4. The topological polar surface area (TPSA) is 70.7 Å². The van der Waals surface area contributed by atoms with Gasteiger partial charge in [0.1, 0.15) is 6.61 Å². The van der Waals surface area contributed by atoms with Crippen molar-refractivity contribution in [3.8, 4) is 0 Å². The molecule has 2 atom stereocenters. The van der Waals surface area contributed by atoms with Gasteiger partial charge in [0, 0.05) is 30.9 Å². The summed E-state index contributed by atoms with van der Waals surface area (Å²) in [5.41, 5.74) is 2.58. The Balaban J connectivity index is 1.41. The highest BCUT2D eigenvalue weighted by Gasteiger charge is 2.28. The number of benzene rings is 3. The number of rotatable bonds is 6. The van der Waals surface area contributed by atoms with Crippen LogP contribution in [0.15, 0.2) is 66.7 Å². The van der Waals surface area contributed by atoms with Gasteiger partial charge in [0.2, 0.25) is 0 Å². The second kappa shape index (κ2) is 9.29. The van der Waals surface area contributed by atoms with Gasteiger partial charge in [0.05, 0.1) is 12.6 Å². The third kappa shape index (κ3) is 4.60. The van der Waals surface area contributed by atoms with Crippen LogP contribution in [0.4, 0.5) is 5.69 Å². The van der Waals surface area contributed by atoms with Crippen LogP contribution < -0.4 is 15.5 Å². The average Bonchev–Trinajstić information content (AvgIpc) is 2.82. The molecule has 31 heavy (non-hydrogen) atoms. The smallest absolute Gasteiger partial charge is 0.253 e. The number of carbonyl (C=O) groups excluding carboxylic acids is 2. The molecule has 3 aromatic carbocycles. The van der Waals surface area contributed by atoms with Gasteiger partial charge in [-0.2, -0.15) is 0 Å². The predicted octanol–water partition coefficient (Wildman–Crippen LogP) is 3.28. The summed E-state index contributed by atoms with van der Waals surface area (Å²) in [6, 6.07) is 21.9. The number of hydrogen-bond donors (Lipinski definition) is 2. The first kappa shape index (κ1) is 21.0. The summed E-state index contributed by atoms with van der Waals surface area (Å²) >= 11 is 0. The zero-order valence-corrected chi connectivity index (χ0v) is 17.8. The number of nitrogens with one attached hydrogen (secondary N) is 2. The van der Waals surface area contributed by atoms with E-state index in [2.05, 4.69) is 54.0 Å². The maximum Gasteiger partial charge on any atom is 0.253 e. The van der Waals surface area contributed by atoms with Crippen LogP contribution >= 0.6 is 0 Å². The highest BCUT2D eigenvalue weighted by molar-refractivity contribution is 5.97. The number of carbonyl (C=O) groups is 2. The van der Waals surface area contributed by atoms with Gasteiger partial charge in [-0.05, 0) is 47.5 Å². The Morgan fingerprint density at radius 2 is 1.84 bits per heavy atom. The molecule has 3 aromatic rings. The Kier molecular flexibility index (Phi) is 6.30. The molecule has 0 aliphatic carbocycles. The molecule has 0 spiro atoms. The van der Waals surface area contributed by atoms with Crippen molar-refractivity contribution in [1.29, 1.82) is 0 Å². The standard InChI is InChI=1S/C25H27N3O3/c1-17(22-9-5-7-18-6-3-4-8-23(18)22)27-14-21-15-28(24(29)16-31-21)20-12-10-19(11-13-20)25(30)26-2/h3-13,17,21,27H,14-16H2,1-2H3,(H,26,30). The van der Waals surface area contributed by atoms with Crippen molar-refractivity contribution in [2.75, 3.05) is 31.6 Å². The fourth-order valence-corrected chi connectivity index (χ4v) is 3.98. The molecule has 2 unspecified atom stereocenters. The van der Waals surface area contributed by atoms with Crippen molar-refractivity contribution >= 4 is 28.3 Å². The van der Waals surface area contributed by atoms with Crippen molar-refractivity contribution in [3.05, 3.63) is 77.9 Å². The summed E-state index contributed by atoms with van der Waals surface area (Å²) < 4.78 is 5.78. The van der Waals surface area contributed by atoms with Crippen LogP contribution in [0.25, 0.3) is 10.8 Å². The van der Waals surface area contributed by atoms with Crippen LogP contribution in [0.3, 0.4) is 0 Å². The minimum atomic E-state index is -0.149. The van der Waals surface area contributed by atoms with Crippen LogP contribution in [0, 0.1) is 0 Å². The Morgan fingerprint density at radius 1 is 1.10 bits per heavy atom. The molecule has 1 saturated heterocycles. The zero-order valence-electron chi connectivity index (χ0n) is 17.8. The van der Waals surface area contributed by atoms with Gasteiger partial charge in [-0.1, -0.05) is 42.5 Å². The number of anilines is 1. The third-order valence-corrected chi connectivity index (χ3v) is 5.74. The number of morpholine rings is 1. The SMILES string of the molecule is CNC(=O)c1ccc(N2CC(CNC(C)c3cccc4ccccc34)OCC2=O)cc1. The molecule has 0 bridgehead atoms. The number of ether oxygens (including phenoxy) is 1. The van der Waals surface area contributed by atoms with Crippen LogP contribution in [-0.2, 0) is 9.53 Å². The van der Waals surface area contributed by atoms with Crippen LogP contribution in [-0.4, -0.2) is 44.7 Å². The second-order valence-corrected chi connectivity index (χ2v) is 7.76. The van der Waals surface area contributed by atoms with E-state index >= 15 is 0 Å². The molecule has 2 amide bonds. The van der Waals surface area contributed by atoms with Gasteiger partial charge >= 0.3 is 0 Å². The van der Waals surface area contributed by atoms with Crippen molar-refractivity contribution in [2.24, 2.45) is 0 Å². The Labute approximate surface area is 182 Å². The van der Waals surface area contributed by atoms with E-state index in [1.807, 2.05) is 6.07 Å². The van der Waals surface area contributed by atoms with Gasteiger partial charge in [0.15, 0.2) is 0 Å². The highest BCUT2D eigenvalue weighted by Crippen LogP contribution is 2.24. The van der Waals surface area contributed by atoms with Gasteiger partial charge < -0.3 is 20.3 Å². The average molecular weight is 418 g/mol. The van der Waals surface area contributed by atoms with Crippen molar-refractivity contribution < 1.29 is 14.3 Å². The van der Waals surface area contributed by atoms with Crippen LogP contribution in [0.2, 0.25) is 0 Å². The van der Waals surface area contributed by atoms with E-state index in [0.717, 1.165) is 5.69 Å². The molecule has 1 aliphatic rings. The molecule has 2 N–H and O–H groups in total. The van der Waals surface area contributed by atoms with Gasteiger partial charge in [-0.15, -0.1) is 0 Å². The quantitative estimate of drug-likeness (QED) is 0.646. The molecule has 1 fully saturated rings. The molecule has 0 aromatic heterocycles. The first-order chi connectivity index (χ1) is 15.1. The molecular formula is C25H27N3O3. The zero-order chi connectivity index (χ0) is 21.8. The lowest BCUT2D eigenvalue weighted by Gasteiger charge is -2.33. The van der Waals surface area contributed by atoms with E-state index in [0.29, 0.717) is 18.7 Å². The summed E-state index contributed by atoms with van der Waals surface area (Å²) in [7, 11) is 1.60. The van der Waals surface area contributed by atoms with Crippen LogP contribution in [0.5, 0.6) is 0 Å². The van der Waals surface area contributed by atoms with Gasteiger partial charge in [-0.3, -0.25) is 9.59 Å². The van der Waals surface area contributed by atoms with Gasteiger partial charge in [0.25, 0.3) is 11.8 Å². The summed E-state index contributed by atoms with van der Waals surface area (Å²) in [5.74, 6) is -0.226. The molecule has 1 heterocycles. The minimum Gasteiger partial charge on any atom is -0.365 e. The van der Waals surface area contributed by atoms with Gasteiger partial charge in [-0.25, -0.2) is 0 Å². The van der Waals surface area contributed by atoms with E-state index in [4.69, 9.17) is 4.74 Å². The minimum absolute atomic E-state index is 0.0478. The Hall–Kier alpha value is -3.22. The lowest BCUT2D eigenvalue weighted by atomic mass is 9.99. The molecular weight excluding hydrogens is 390 g/mol. The van der Waals surface area contributed by atoms with E-state index in [9.17, 15) is 9.59 Å². The predicted molar refractivity (Wildman–Crippen MR) is 122 cm³/mol. The monoisotopic (exact) mass is 417 g/mol. The number of hydrogen-bond acceptors (Lipinski definition) is 4. The Morgan fingerprint density at radius 3 is 2.61 bits per heavy atom. The maximum absolute atomic E-state index is 12.4. The lowest BCUT2D eigenvalue weighted by Crippen LogP contribution is -2.50. The number of fused-ring (bicyclic) bond motifs is 1. The normalized spacial score (nSPS) is 17.5. The summed E-state index contributed by atoms with van der Waals surface area (Å²) in [6.07, 6.45) is -0.117. The number of nitrogens with zero attached hydrogens (tertiary/aromatic N) is 1. The molecule has 1 aliphatic heterocycles. The summed E-state index contributed by atoms with van der Waals surface area (Å²) in [4.78, 5) is 25.9. The fraction of sp³-hybridized carbons (Fsp3) is 0.280. The molecule has 0 saturated carbocycles. The Bertz CT molecular complexity index is 1080. The first-order valence-corrected chi connectivity index (χ1v) is 10.5. The fourth-order valence-electron chi connectivity index (χ4n) is 3.98. The second-order valence-electron chi connectivity index (χ2n) is 7.76. The number of amides is 2. The van der Waals surface area contributed by atoms with E-state index < -0.39 is 0 Å².